The normalized spacial score (nSPS) is 11.9. The van der Waals surface area contributed by atoms with Gasteiger partial charge in [-0.15, -0.1) is 0 Å². The van der Waals surface area contributed by atoms with Crippen LogP contribution in [0.15, 0.2) is 60.9 Å². The van der Waals surface area contributed by atoms with Crippen molar-refractivity contribution < 1.29 is 14.3 Å². The lowest BCUT2D eigenvalue weighted by molar-refractivity contribution is -0.149. The Hall–Kier alpha value is -3.21. The number of aromatic nitrogens is 2. The third-order valence-electron chi connectivity index (χ3n) is 5.34. The van der Waals surface area contributed by atoms with Crippen molar-refractivity contribution in [2.45, 2.75) is 59.5 Å². The van der Waals surface area contributed by atoms with Gasteiger partial charge in [-0.1, -0.05) is 75.7 Å². The second kappa shape index (κ2) is 12.1. The van der Waals surface area contributed by atoms with E-state index in [-0.39, 0.29) is 18.7 Å². The molecule has 1 heterocycles. The maximum atomic E-state index is 11.8. The summed E-state index contributed by atoms with van der Waals surface area (Å²) in [7, 11) is 0. The number of hydrogen-bond donors (Lipinski definition) is 0. The molecule has 2 aromatic carbocycles. The lowest BCUT2D eigenvalue weighted by Crippen LogP contribution is -2.22. The number of nitrogens with zero attached hydrogens (tertiary/aromatic N) is 2. The number of hydrogen-bond acceptors (Lipinski definition) is 5. The molecule has 0 spiro atoms. The molecule has 0 amide bonds. The number of aryl methyl sites for hydroxylation is 1. The van der Waals surface area contributed by atoms with Gasteiger partial charge in [-0.05, 0) is 42.4 Å². The summed E-state index contributed by atoms with van der Waals surface area (Å²) in [5.41, 5.74) is 4.68. The number of carbonyl (C=O) groups is 1. The Kier molecular flexibility index (Phi) is 8.99. The summed E-state index contributed by atoms with van der Waals surface area (Å²) in [5.74, 6) is 1.48. The minimum atomic E-state index is -0.326. The molecule has 3 aromatic rings. The second-order valence-electron chi connectivity index (χ2n) is 8.81. The predicted octanol–water partition coefficient (Wildman–Crippen LogP) is 6.51. The van der Waals surface area contributed by atoms with Crippen molar-refractivity contribution in [1.29, 1.82) is 0 Å². The maximum Gasteiger partial charge on any atom is 0.306 e. The monoisotopic (exact) mass is 446 g/mol. The molecule has 0 saturated carbocycles. The summed E-state index contributed by atoms with van der Waals surface area (Å²) >= 11 is 0. The lowest BCUT2D eigenvalue weighted by Gasteiger charge is -2.14. The molecular formula is C28H34N2O3. The van der Waals surface area contributed by atoms with Crippen molar-refractivity contribution >= 4 is 5.97 Å². The average molecular weight is 447 g/mol. The van der Waals surface area contributed by atoms with E-state index in [1.54, 1.807) is 12.4 Å². The SMILES string of the molecule is CCCc1ccc(-c2ccc(-c3ncc(OC[C@H](C)OC(=O)CCC(C)C)cn3)cc2)cc1. The summed E-state index contributed by atoms with van der Waals surface area (Å²) in [4.78, 5) is 20.7. The molecule has 0 saturated heterocycles. The molecule has 0 bridgehead atoms. The Morgan fingerprint density at radius 3 is 2.03 bits per heavy atom. The van der Waals surface area contributed by atoms with Crippen LogP contribution >= 0.6 is 0 Å². The molecule has 0 N–H and O–H groups in total. The standard InChI is InChI=1S/C28H34N2O3/c1-5-6-22-8-10-23(11-9-22)24-12-14-25(15-13-24)28-29-17-26(18-30-28)32-19-21(4)33-27(31)16-7-20(2)3/h8-15,17-18,20-21H,5-7,16,19H2,1-4H3/t21-/m0/s1. The summed E-state index contributed by atoms with van der Waals surface area (Å²) in [6.07, 6.45) is 6.50. The van der Waals surface area contributed by atoms with E-state index in [2.05, 4.69) is 67.1 Å². The van der Waals surface area contributed by atoms with E-state index in [4.69, 9.17) is 9.47 Å². The summed E-state index contributed by atoms with van der Waals surface area (Å²) in [6, 6.07) is 17.0. The largest absolute Gasteiger partial charge is 0.486 e. The smallest absolute Gasteiger partial charge is 0.306 e. The number of ether oxygens (including phenoxy) is 2. The minimum absolute atomic E-state index is 0.188. The van der Waals surface area contributed by atoms with E-state index in [9.17, 15) is 4.79 Å². The van der Waals surface area contributed by atoms with Crippen LogP contribution in [0.1, 0.15) is 52.5 Å². The van der Waals surface area contributed by atoms with Gasteiger partial charge in [0.2, 0.25) is 0 Å². The molecular weight excluding hydrogens is 412 g/mol. The molecule has 0 aliphatic rings. The third kappa shape index (κ3) is 7.70. The van der Waals surface area contributed by atoms with Gasteiger partial charge in [-0.2, -0.15) is 0 Å². The van der Waals surface area contributed by atoms with E-state index in [1.807, 2.05) is 19.1 Å². The molecule has 5 nitrogen and oxygen atoms in total. The van der Waals surface area contributed by atoms with Gasteiger partial charge in [0.15, 0.2) is 11.6 Å². The van der Waals surface area contributed by atoms with Gasteiger partial charge >= 0.3 is 5.97 Å². The fourth-order valence-corrected chi connectivity index (χ4v) is 3.44. The minimum Gasteiger partial charge on any atom is -0.486 e. The first-order valence-electron chi connectivity index (χ1n) is 11.8. The van der Waals surface area contributed by atoms with E-state index in [0.717, 1.165) is 24.8 Å². The zero-order valence-electron chi connectivity index (χ0n) is 20.1. The Morgan fingerprint density at radius 1 is 0.879 bits per heavy atom. The first kappa shape index (κ1) is 24.4. The van der Waals surface area contributed by atoms with Crippen molar-refractivity contribution in [3.8, 4) is 28.3 Å². The first-order chi connectivity index (χ1) is 15.9. The number of benzene rings is 2. The molecule has 174 valence electrons. The number of esters is 1. The fourth-order valence-electron chi connectivity index (χ4n) is 3.44. The summed E-state index contributed by atoms with van der Waals surface area (Å²) < 4.78 is 11.1. The van der Waals surface area contributed by atoms with Crippen LogP contribution in [0.4, 0.5) is 0 Å². The van der Waals surface area contributed by atoms with Crippen LogP contribution in [0.2, 0.25) is 0 Å². The molecule has 0 aliphatic carbocycles. The van der Waals surface area contributed by atoms with Crippen molar-refractivity contribution in [2.75, 3.05) is 6.61 Å². The molecule has 3 rings (SSSR count). The maximum absolute atomic E-state index is 11.8. The quantitative estimate of drug-likeness (QED) is 0.314. The molecule has 0 fully saturated rings. The predicted molar refractivity (Wildman–Crippen MR) is 132 cm³/mol. The van der Waals surface area contributed by atoms with Crippen LogP contribution in [0.25, 0.3) is 22.5 Å². The van der Waals surface area contributed by atoms with Crippen molar-refractivity contribution in [1.82, 2.24) is 9.97 Å². The highest BCUT2D eigenvalue weighted by Gasteiger charge is 2.11. The fraction of sp³-hybridized carbons (Fsp3) is 0.393. The van der Waals surface area contributed by atoms with E-state index < -0.39 is 0 Å². The molecule has 1 aromatic heterocycles. The van der Waals surface area contributed by atoms with Crippen LogP contribution < -0.4 is 4.74 Å². The Bertz CT molecular complexity index is 997. The zero-order valence-corrected chi connectivity index (χ0v) is 20.1. The van der Waals surface area contributed by atoms with Crippen molar-refractivity contribution in [3.05, 3.63) is 66.5 Å². The van der Waals surface area contributed by atoms with Crippen molar-refractivity contribution in [3.63, 3.8) is 0 Å². The van der Waals surface area contributed by atoms with Crippen LogP contribution in [0.3, 0.4) is 0 Å². The van der Waals surface area contributed by atoms with Gasteiger partial charge in [0.25, 0.3) is 0 Å². The molecule has 33 heavy (non-hydrogen) atoms. The van der Waals surface area contributed by atoms with Crippen molar-refractivity contribution in [2.24, 2.45) is 5.92 Å². The summed E-state index contributed by atoms with van der Waals surface area (Å²) in [5, 5.41) is 0. The first-order valence-corrected chi connectivity index (χ1v) is 11.8. The van der Waals surface area contributed by atoms with Crippen LogP contribution in [0, 0.1) is 5.92 Å². The van der Waals surface area contributed by atoms with Gasteiger partial charge in [-0.3, -0.25) is 4.79 Å². The molecule has 5 heteroatoms. The molecule has 0 unspecified atom stereocenters. The van der Waals surface area contributed by atoms with Gasteiger partial charge in [-0.25, -0.2) is 9.97 Å². The van der Waals surface area contributed by atoms with E-state index in [1.165, 1.54) is 16.7 Å². The van der Waals surface area contributed by atoms with Crippen LogP contribution in [0.5, 0.6) is 5.75 Å². The number of rotatable bonds is 11. The van der Waals surface area contributed by atoms with Gasteiger partial charge in [0, 0.05) is 12.0 Å². The zero-order chi connectivity index (χ0) is 23.6. The Labute approximate surface area is 197 Å². The van der Waals surface area contributed by atoms with E-state index in [0.29, 0.717) is 23.9 Å². The highest BCUT2D eigenvalue weighted by molar-refractivity contribution is 5.69. The van der Waals surface area contributed by atoms with Gasteiger partial charge in [0.05, 0.1) is 12.4 Å². The summed E-state index contributed by atoms with van der Waals surface area (Å²) in [6.45, 7) is 8.46. The average Bonchev–Trinajstić information content (AvgIpc) is 2.83. The highest BCUT2D eigenvalue weighted by atomic mass is 16.6. The number of carbonyl (C=O) groups excluding carboxylic acids is 1. The van der Waals surface area contributed by atoms with Crippen LogP contribution in [-0.2, 0) is 16.0 Å². The highest BCUT2D eigenvalue weighted by Crippen LogP contribution is 2.24. The Morgan fingerprint density at radius 2 is 1.45 bits per heavy atom. The Balaban J connectivity index is 1.52. The molecule has 0 aliphatic heterocycles. The second-order valence-corrected chi connectivity index (χ2v) is 8.81. The van der Waals surface area contributed by atoms with Crippen LogP contribution in [-0.4, -0.2) is 28.6 Å². The molecule has 1 atom stereocenters. The lowest BCUT2D eigenvalue weighted by atomic mass is 10.0. The van der Waals surface area contributed by atoms with Gasteiger partial charge in [0.1, 0.15) is 12.7 Å². The van der Waals surface area contributed by atoms with Gasteiger partial charge < -0.3 is 9.47 Å². The topological polar surface area (TPSA) is 61.3 Å². The van der Waals surface area contributed by atoms with E-state index >= 15 is 0 Å². The third-order valence-corrected chi connectivity index (χ3v) is 5.34. The molecule has 0 radical (unpaired) electrons.